The fraction of sp³-hybridized carbons (Fsp3) is 0.500. The molecule has 0 aliphatic carbocycles. The predicted octanol–water partition coefficient (Wildman–Crippen LogP) is 1.73. The Kier molecular flexibility index (Phi) is 6.71. The van der Waals surface area contributed by atoms with Crippen LogP contribution in [0.4, 0.5) is 5.95 Å². The smallest absolute Gasteiger partial charge is 0.258 e. The minimum Gasteiger partial charge on any atom is -0.493 e. The number of anilines is 1. The molecule has 0 spiro atoms. The zero-order valence-corrected chi connectivity index (χ0v) is 17.9. The Labute approximate surface area is 181 Å². The summed E-state index contributed by atoms with van der Waals surface area (Å²) in [6.07, 6.45) is 4.52. The van der Waals surface area contributed by atoms with Crippen LogP contribution >= 0.6 is 0 Å². The Morgan fingerprint density at radius 1 is 1.29 bits per heavy atom. The summed E-state index contributed by atoms with van der Waals surface area (Å²) in [4.78, 5) is 23.9. The molecule has 1 atom stereocenters. The van der Waals surface area contributed by atoms with E-state index in [9.17, 15) is 4.79 Å². The van der Waals surface area contributed by atoms with Crippen LogP contribution in [0.3, 0.4) is 0 Å². The lowest BCUT2D eigenvalue weighted by atomic mass is 10.1. The SMILES string of the molecule is COc1cccc(OC)c1OCC(=O)NC1CCCN(c2ncc3c(n2)CCOC3)C1. The van der Waals surface area contributed by atoms with Crippen LogP contribution < -0.4 is 24.4 Å². The summed E-state index contributed by atoms with van der Waals surface area (Å²) < 4.78 is 21.8. The van der Waals surface area contributed by atoms with Gasteiger partial charge in [0.2, 0.25) is 11.7 Å². The number of nitrogens with one attached hydrogen (secondary N) is 1. The van der Waals surface area contributed by atoms with Crippen molar-refractivity contribution in [2.24, 2.45) is 0 Å². The van der Waals surface area contributed by atoms with E-state index in [1.54, 1.807) is 32.4 Å². The second-order valence-electron chi connectivity index (χ2n) is 7.58. The number of para-hydroxylation sites is 1. The van der Waals surface area contributed by atoms with Gasteiger partial charge in [0, 0.05) is 37.3 Å². The first-order valence-corrected chi connectivity index (χ1v) is 10.5. The molecule has 1 unspecified atom stereocenters. The van der Waals surface area contributed by atoms with Crippen LogP contribution in [-0.2, 0) is 22.6 Å². The molecule has 1 aromatic heterocycles. The van der Waals surface area contributed by atoms with Crippen LogP contribution in [0.15, 0.2) is 24.4 Å². The largest absolute Gasteiger partial charge is 0.493 e. The Morgan fingerprint density at radius 2 is 2.10 bits per heavy atom. The van der Waals surface area contributed by atoms with Crippen LogP contribution in [0, 0.1) is 0 Å². The maximum Gasteiger partial charge on any atom is 0.258 e. The molecule has 9 nitrogen and oxygen atoms in total. The number of fused-ring (bicyclic) bond motifs is 1. The second kappa shape index (κ2) is 9.82. The van der Waals surface area contributed by atoms with Crippen molar-refractivity contribution in [2.75, 3.05) is 45.4 Å². The number of benzene rings is 1. The van der Waals surface area contributed by atoms with Gasteiger partial charge < -0.3 is 29.2 Å². The first-order valence-electron chi connectivity index (χ1n) is 10.5. The maximum atomic E-state index is 12.5. The van der Waals surface area contributed by atoms with Crippen LogP contribution in [0.2, 0.25) is 0 Å². The minimum atomic E-state index is -0.191. The fourth-order valence-electron chi connectivity index (χ4n) is 3.92. The fourth-order valence-corrected chi connectivity index (χ4v) is 3.92. The van der Waals surface area contributed by atoms with Gasteiger partial charge in [-0.3, -0.25) is 4.79 Å². The maximum absolute atomic E-state index is 12.5. The molecule has 2 aliphatic rings. The summed E-state index contributed by atoms with van der Waals surface area (Å²) in [6.45, 7) is 2.68. The highest BCUT2D eigenvalue weighted by molar-refractivity contribution is 5.78. The van der Waals surface area contributed by atoms with Gasteiger partial charge in [-0.2, -0.15) is 0 Å². The summed E-state index contributed by atoms with van der Waals surface area (Å²) in [7, 11) is 3.10. The molecule has 0 radical (unpaired) electrons. The molecule has 31 heavy (non-hydrogen) atoms. The van der Waals surface area contributed by atoms with Crippen molar-refractivity contribution in [2.45, 2.75) is 31.9 Å². The van der Waals surface area contributed by atoms with Crippen LogP contribution in [0.25, 0.3) is 0 Å². The van der Waals surface area contributed by atoms with Crippen LogP contribution in [0.1, 0.15) is 24.1 Å². The predicted molar refractivity (Wildman–Crippen MR) is 114 cm³/mol. The van der Waals surface area contributed by atoms with E-state index in [2.05, 4.69) is 15.2 Å². The minimum absolute atomic E-state index is 0.00683. The molecule has 1 N–H and O–H groups in total. The number of hydrogen-bond acceptors (Lipinski definition) is 8. The number of piperidine rings is 1. The van der Waals surface area contributed by atoms with Crippen LogP contribution in [0.5, 0.6) is 17.2 Å². The van der Waals surface area contributed by atoms with E-state index in [1.807, 2.05) is 6.20 Å². The van der Waals surface area contributed by atoms with E-state index in [4.69, 9.17) is 23.9 Å². The van der Waals surface area contributed by atoms with Gasteiger partial charge in [0.15, 0.2) is 18.1 Å². The molecule has 1 fully saturated rings. The zero-order chi connectivity index (χ0) is 21.6. The quantitative estimate of drug-likeness (QED) is 0.713. The molecule has 1 amide bonds. The van der Waals surface area contributed by atoms with E-state index < -0.39 is 0 Å². The lowest BCUT2D eigenvalue weighted by Crippen LogP contribution is -2.49. The number of rotatable bonds is 7. The first-order chi connectivity index (χ1) is 15.2. The molecule has 1 aromatic carbocycles. The van der Waals surface area contributed by atoms with Gasteiger partial charge in [0.25, 0.3) is 5.91 Å². The Morgan fingerprint density at radius 3 is 2.87 bits per heavy atom. The van der Waals surface area contributed by atoms with Gasteiger partial charge in [-0.1, -0.05) is 6.07 Å². The number of carbonyl (C=O) groups is 1. The lowest BCUT2D eigenvalue weighted by Gasteiger charge is -2.33. The van der Waals surface area contributed by atoms with Gasteiger partial charge in [0.05, 0.1) is 33.1 Å². The summed E-state index contributed by atoms with van der Waals surface area (Å²) >= 11 is 0. The average Bonchev–Trinajstić information content (AvgIpc) is 2.82. The summed E-state index contributed by atoms with van der Waals surface area (Å²) in [5.41, 5.74) is 2.11. The third-order valence-electron chi connectivity index (χ3n) is 5.48. The van der Waals surface area contributed by atoms with Gasteiger partial charge >= 0.3 is 0 Å². The topological polar surface area (TPSA) is 95.0 Å². The number of carbonyl (C=O) groups excluding carboxylic acids is 1. The lowest BCUT2D eigenvalue weighted by molar-refractivity contribution is -0.123. The number of ether oxygens (including phenoxy) is 4. The molecule has 0 saturated carbocycles. The Balaban J connectivity index is 1.34. The number of amides is 1. The van der Waals surface area contributed by atoms with E-state index in [0.29, 0.717) is 37.0 Å². The average molecular weight is 428 g/mol. The number of methoxy groups -OCH3 is 2. The summed E-state index contributed by atoms with van der Waals surface area (Å²) in [5.74, 6) is 1.98. The molecule has 4 rings (SSSR count). The van der Waals surface area contributed by atoms with Crippen molar-refractivity contribution < 1.29 is 23.7 Å². The number of hydrogen-bond donors (Lipinski definition) is 1. The molecule has 1 saturated heterocycles. The van der Waals surface area contributed by atoms with Crippen LogP contribution in [-0.4, -0.2) is 62.4 Å². The number of aromatic nitrogens is 2. The van der Waals surface area contributed by atoms with Gasteiger partial charge in [-0.15, -0.1) is 0 Å². The van der Waals surface area contributed by atoms with Crippen molar-refractivity contribution >= 4 is 11.9 Å². The summed E-state index contributed by atoms with van der Waals surface area (Å²) in [5, 5.41) is 3.06. The molecule has 9 heteroatoms. The monoisotopic (exact) mass is 428 g/mol. The van der Waals surface area contributed by atoms with E-state index in [-0.39, 0.29) is 18.6 Å². The highest BCUT2D eigenvalue weighted by atomic mass is 16.5. The molecule has 2 aromatic rings. The zero-order valence-electron chi connectivity index (χ0n) is 17.9. The van der Waals surface area contributed by atoms with Crippen molar-refractivity contribution in [1.29, 1.82) is 0 Å². The van der Waals surface area contributed by atoms with Crippen molar-refractivity contribution in [1.82, 2.24) is 15.3 Å². The van der Waals surface area contributed by atoms with Gasteiger partial charge in [-0.05, 0) is 25.0 Å². The van der Waals surface area contributed by atoms with E-state index in [0.717, 1.165) is 43.0 Å². The van der Waals surface area contributed by atoms with Crippen molar-refractivity contribution in [3.63, 3.8) is 0 Å². The van der Waals surface area contributed by atoms with E-state index in [1.165, 1.54) is 0 Å². The van der Waals surface area contributed by atoms with Gasteiger partial charge in [0.1, 0.15) is 0 Å². The molecular formula is C22H28N4O5. The van der Waals surface area contributed by atoms with Crippen molar-refractivity contribution in [3.05, 3.63) is 35.7 Å². The second-order valence-corrected chi connectivity index (χ2v) is 7.58. The van der Waals surface area contributed by atoms with Crippen molar-refractivity contribution in [3.8, 4) is 17.2 Å². The Bertz CT molecular complexity index is 901. The molecule has 2 aliphatic heterocycles. The normalized spacial score (nSPS) is 18.1. The molecule has 3 heterocycles. The molecule has 166 valence electrons. The van der Waals surface area contributed by atoms with E-state index >= 15 is 0 Å². The highest BCUT2D eigenvalue weighted by Gasteiger charge is 2.25. The third-order valence-corrected chi connectivity index (χ3v) is 5.48. The highest BCUT2D eigenvalue weighted by Crippen LogP contribution is 2.36. The standard InChI is InChI=1S/C22H28N4O5/c1-28-18-6-3-7-19(29-2)21(18)31-14-20(27)24-16-5-4-9-26(12-16)22-23-11-15-13-30-10-8-17(15)25-22/h3,6-7,11,16H,4-5,8-10,12-14H2,1-2H3,(H,24,27). The molecular weight excluding hydrogens is 400 g/mol. The molecule has 0 bridgehead atoms. The Hall–Kier alpha value is -3.07. The van der Waals surface area contributed by atoms with Gasteiger partial charge in [-0.25, -0.2) is 9.97 Å². The first kappa shape index (κ1) is 21.2. The summed E-state index contributed by atoms with van der Waals surface area (Å²) in [6, 6.07) is 5.34. The number of nitrogens with zero attached hydrogens (tertiary/aromatic N) is 3. The third kappa shape index (κ3) is 4.99.